The van der Waals surface area contributed by atoms with Crippen molar-refractivity contribution in [3.05, 3.63) is 64.5 Å². The van der Waals surface area contributed by atoms with Gasteiger partial charge < -0.3 is 9.26 Å². The highest BCUT2D eigenvalue weighted by Crippen LogP contribution is 2.20. The first kappa shape index (κ1) is 21.2. The summed E-state index contributed by atoms with van der Waals surface area (Å²) in [6.45, 7) is 2.98. The summed E-state index contributed by atoms with van der Waals surface area (Å²) in [6, 6.07) is 12.5. The zero-order valence-corrected chi connectivity index (χ0v) is 18.0. The van der Waals surface area contributed by atoms with E-state index in [2.05, 4.69) is 30.8 Å². The van der Waals surface area contributed by atoms with Crippen molar-refractivity contribution < 1.29 is 22.5 Å². The maximum absolute atomic E-state index is 12.4. The van der Waals surface area contributed by atoms with Crippen LogP contribution >= 0.6 is 15.9 Å². The van der Waals surface area contributed by atoms with Gasteiger partial charge in [-0.3, -0.25) is 4.79 Å². The Morgan fingerprint density at radius 1 is 1.24 bits per heavy atom. The van der Waals surface area contributed by atoms with Crippen molar-refractivity contribution in [1.82, 2.24) is 14.9 Å². The van der Waals surface area contributed by atoms with E-state index in [-0.39, 0.29) is 17.4 Å². The molecule has 2 aromatic carbocycles. The summed E-state index contributed by atoms with van der Waals surface area (Å²) in [5, 5.41) is 3.85. The summed E-state index contributed by atoms with van der Waals surface area (Å²) in [5.41, 5.74) is 1.66. The molecule has 0 amide bonds. The Labute approximate surface area is 176 Å². The Morgan fingerprint density at radius 2 is 1.97 bits per heavy atom. The molecule has 3 aromatic rings. The Balaban J connectivity index is 1.58. The minimum Gasteiger partial charge on any atom is -0.454 e. The van der Waals surface area contributed by atoms with Crippen LogP contribution in [0.5, 0.6) is 0 Å². The van der Waals surface area contributed by atoms with Gasteiger partial charge in [-0.05, 0) is 38.1 Å². The first-order valence-electron chi connectivity index (χ1n) is 8.59. The number of sulfonamides is 1. The number of carbonyl (C=O) groups is 1. The van der Waals surface area contributed by atoms with Gasteiger partial charge >= 0.3 is 5.97 Å². The van der Waals surface area contributed by atoms with E-state index < -0.39 is 22.0 Å². The predicted molar refractivity (Wildman–Crippen MR) is 108 cm³/mol. The molecular formula is C19H18BrN3O5S. The first-order valence-corrected chi connectivity index (χ1v) is 10.9. The van der Waals surface area contributed by atoms with Crippen molar-refractivity contribution in [2.24, 2.45) is 0 Å². The van der Waals surface area contributed by atoms with Gasteiger partial charge in [0.15, 0.2) is 6.61 Å². The van der Waals surface area contributed by atoms with Crippen LogP contribution in [0, 0.1) is 6.92 Å². The molecule has 0 aliphatic rings. The lowest BCUT2D eigenvalue weighted by molar-refractivity contribution is -0.147. The van der Waals surface area contributed by atoms with Crippen LogP contribution in [0.15, 0.2) is 62.4 Å². The highest BCUT2D eigenvalue weighted by molar-refractivity contribution is 9.10. The Morgan fingerprint density at radius 3 is 2.66 bits per heavy atom. The van der Waals surface area contributed by atoms with E-state index in [0.29, 0.717) is 5.82 Å². The summed E-state index contributed by atoms with van der Waals surface area (Å²) in [4.78, 5) is 16.4. The molecule has 8 nitrogen and oxygen atoms in total. The van der Waals surface area contributed by atoms with Gasteiger partial charge in [-0.15, -0.1) is 0 Å². The summed E-state index contributed by atoms with van der Waals surface area (Å²) in [5.74, 6) is -0.310. The number of aromatic nitrogens is 2. The molecule has 3 rings (SSSR count). The number of benzene rings is 2. The molecule has 0 aliphatic carbocycles. The molecule has 152 valence electrons. The molecule has 0 aliphatic heterocycles. The van der Waals surface area contributed by atoms with Crippen molar-refractivity contribution in [1.29, 1.82) is 0 Å². The van der Waals surface area contributed by atoms with Crippen LogP contribution in [0.4, 0.5) is 0 Å². The van der Waals surface area contributed by atoms with E-state index in [0.717, 1.165) is 15.6 Å². The normalized spacial score (nSPS) is 12.5. The number of halogens is 1. The van der Waals surface area contributed by atoms with Gasteiger partial charge in [0.2, 0.25) is 15.8 Å². The lowest BCUT2D eigenvalue weighted by atomic mass is 10.2. The van der Waals surface area contributed by atoms with Crippen LogP contribution in [-0.2, 0) is 26.2 Å². The van der Waals surface area contributed by atoms with E-state index in [1.807, 2.05) is 31.2 Å². The van der Waals surface area contributed by atoms with Gasteiger partial charge in [0.1, 0.15) is 6.04 Å². The highest BCUT2D eigenvalue weighted by Gasteiger charge is 2.23. The topological polar surface area (TPSA) is 111 Å². The van der Waals surface area contributed by atoms with E-state index in [9.17, 15) is 13.2 Å². The quantitative estimate of drug-likeness (QED) is 0.517. The number of carbonyl (C=O) groups excluding carboxylic acids is 1. The molecule has 0 fully saturated rings. The molecule has 1 aromatic heterocycles. The molecule has 1 atom stereocenters. The number of ether oxygens (including phenoxy) is 1. The maximum Gasteiger partial charge on any atom is 0.324 e. The number of esters is 1. The molecule has 1 N–H and O–H groups in total. The third kappa shape index (κ3) is 5.49. The molecule has 0 spiro atoms. The predicted octanol–water partition coefficient (Wildman–Crippen LogP) is 3.22. The van der Waals surface area contributed by atoms with Crippen molar-refractivity contribution in [2.45, 2.75) is 31.4 Å². The van der Waals surface area contributed by atoms with Gasteiger partial charge in [-0.25, -0.2) is 8.42 Å². The average Bonchev–Trinajstić information content (AvgIpc) is 3.15. The van der Waals surface area contributed by atoms with Crippen molar-refractivity contribution >= 4 is 31.9 Å². The molecular weight excluding hydrogens is 462 g/mol. The number of aryl methyl sites for hydroxylation is 1. The SMILES string of the molecule is Cc1ccc(S(=O)(=O)N[C@@H](C)C(=O)OCc2nc(-c3cccc(Br)c3)no2)cc1. The average molecular weight is 480 g/mol. The molecule has 0 saturated heterocycles. The van der Waals surface area contributed by atoms with Gasteiger partial charge in [-0.2, -0.15) is 9.71 Å². The third-order valence-corrected chi connectivity index (χ3v) is 5.96. The highest BCUT2D eigenvalue weighted by atomic mass is 79.9. The number of nitrogens with one attached hydrogen (secondary N) is 1. The van der Waals surface area contributed by atoms with Gasteiger partial charge in [0.05, 0.1) is 4.90 Å². The minimum absolute atomic E-state index is 0.0679. The minimum atomic E-state index is -3.85. The molecule has 10 heteroatoms. The molecule has 0 radical (unpaired) electrons. The molecule has 0 unspecified atom stereocenters. The zero-order chi connectivity index (χ0) is 21.0. The second-order valence-electron chi connectivity index (χ2n) is 6.29. The van der Waals surface area contributed by atoms with E-state index in [4.69, 9.17) is 9.26 Å². The van der Waals surface area contributed by atoms with Crippen molar-refractivity contribution in [3.63, 3.8) is 0 Å². The van der Waals surface area contributed by atoms with Crippen LogP contribution in [0.3, 0.4) is 0 Å². The summed E-state index contributed by atoms with van der Waals surface area (Å²) in [6.07, 6.45) is 0. The van der Waals surface area contributed by atoms with Gasteiger partial charge in [-0.1, -0.05) is 50.9 Å². The van der Waals surface area contributed by atoms with Gasteiger partial charge in [0, 0.05) is 10.0 Å². The Hall–Kier alpha value is -2.56. The second-order valence-corrected chi connectivity index (χ2v) is 8.92. The van der Waals surface area contributed by atoms with Crippen LogP contribution in [-0.4, -0.2) is 30.6 Å². The van der Waals surface area contributed by atoms with Crippen LogP contribution in [0.25, 0.3) is 11.4 Å². The number of hydrogen-bond donors (Lipinski definition) is 1. The van der Waals surface area contributed by atoms with Crippen LogP contribution in [0.2, 0.25) is 0 Å². The summed E-state index contributed by atoms with van der Waals surface area (Å²) < 4.78 is 38.0. The molecule has 0 bridgehead atoms. The fraction of sp³-hybridized carbons (Fsp3) is 0.211. The van der Waals surface area contributed by atoms with E-state index in [1.165, 1.54) is 19.1 Å². The maximum atomic E-state index is 12.4. The van der Waals surface area contributed by atoms with E-state index in [1.54, 1.807) is 12.1 Å². The van der Waals surface area contributed by atoms with Crippen LogP contribution in [0.1, 0.15) is 18.4 Å². The monoisotopic (exact) mass is 479 g/mol. The largest absolute Gasteiger partial charge is 0.454 e. The number of rotatable bonds is 7. The summed E-state index contributed by atoms with van der Waals surface area (Å²) >= 11 is 3.36. The molecule has 1 heterocycles. The van der Waals surface area contributed by atoms with E-state index >= 15 is 0 Å². The fourth-order valence-electron chi connectivity index (χ4n) is 2.38. The number of hydrogen-bond acceptors (Lipinski definition) is 7. The first-order chi connectivity index (χ1) is 13.7. The third-order valence-electron chi connectivity index (χ3n) is 3.91. The number of nitrogens with zero attached hydrogens (tertiary/aromatic N) is 2. The second kappa shape index (κ2) is 8.85. The van der Waals surface area contributed by atoms with Gasteiger partial charge in [0.25, 0.3) is 5.89 Å². The van der Waals surface area contributed by atoms with Crippen molar-refractivity contribution in [3.8, 4) is 11.4 Å². The molecule has 0 saturated carbocycles. The van der Waals surface area contributed by atoms with Crippen LogP contribution < -0.4 is 4.72 Å². The fourth-order valence-corrected chi connectivity index (χ4v) is 3.97. The Kier molecular flexibility index (Phi) is 6.46. The Bertz CT molecular complexity index is 1110. The smallest absolute Gasteiger partial charge is 0.324 e. The standard InChI is InChI=1S/C19H18BrN3O5S/c1-12-6-8-16(9-7-12)29(25,26)23-13(2)19(24)27-11-17-21-18(22-28-17)14-4-3-5-15(20)10-14/h3-10,13,23H,11H2,1-2H3/t13-/m0/s1. The lowest BCUT2D eigenvalue weighted by Crippen LogP contribution is -2.39. The lowest BCUT2D eigenvalue weighted by Gasteiger charge is -2.13. The summed E-state index contributed by atoms with van der Waals surface area (Å²) in [7, 11) is -3.85. The zero-order valence-electron chi connectivity index (χ0n) is 15.6. The molecule has 29 heavy (non-hydrogen) atoms. The van der Waals surface area contributed by atoms with Crippen molar-refractivity contribution in [2.75, 3.05) is 0 Å².